The number of esters is 2. The number of likely N-dealkylation sites (N-methyl/N-ethyl adjacent to an activating group) is 1. The summed E-state index contributed by atoms with van der Waals surface area (Å²) in [5.74, 6) is -0.818. The smallest absolute Gasteiger partial charge is 0.306 e. The molecule has 0 saturated carbocycles. The molecule has 0 spiro atoms. The van der Waals surface area contributed by atoms with Crippen molar-refractivity contribution in [3.8, 4) is 0 Å². The summed E-state index contributed by atoms with van der Waals surface area (Å²) in [5, 5.41) is 0. The van der Waals surface area contributed by atoms with Crippen LogP contribution in [0.5, 0.6) is 0 Å². The van der Waals surface area contributed by atoms with Crippen molar-refractivity contribution >= 4 is 19.8 Å². The van der Waals surface area contributed by atoms with E-state index in [-0.39, 0.29) is 32.0 Å². The number of ether oxygens (including phenoxy) is 2. The Kier molecular flexibility index (Phi) is 76.2. The van der Waals surface area contributed by atoms with E-state index in [9.17, 15) is 19.0 Å². The molecule has 0 heterocycles. The first kappa shape index (κ1) is 96.2. The summed E-state index contributed by atoms with van der Waals surface area (Å²) in [6.07, 6.45) is 116. The number of phosphoric acid groups is 1. The maximum atomic E-state index is 12.9. The molecule has 0 bridgehead atoms. The normalized spacial score (nSPS) is 13.7. The molecule has 0 aromatic rings. The molecule has 0 N–H and O–H groups in total. The average molecular weight is 1410 g/mol. The monoisotopic (exact) mass is 1410 g/mol. The van der Waals surface area contributed by atoms with Crippen molar-refractivity contribution in [1.29, 1.82) is 0 Å². The lowest BCUT2D eigenvalue weighted by molar-refractivity contribution is -0.870. The molecule has 0 radical (unpaired) electrons. The summed E-state index contributed by atoms with van der Waals surface area (Å²) >= 11 is 0. The Hall–Kier alpha value is -3.85. The van der Waals surface area contributed by atoms with Crippen molar-refractivity contribution in [3.63, 3.8) is 0 Å². The lowest BCUT2D eigenvalue weighted by Gasteiger charge is -2.28. The van der Waals surface area contributed by atoms with E-state index in [0.29, 0.717) is 17.4 Å². The summed E-state index contributed by atoms with van der Waals surface area (Å²) in [6.45, 7) is 4.06. The molecular formula is C90H158NO8P. The van der Waals surface area contributed by atoms with Crippen LogP contribution in [0.4, 0.5) is 0 Å². The molecule has 2 unspecified atom stereocenters. The number of hydrogen-bond donors (Lipinski definition) is 0. The van der Waals surface area contributed by atoms with E-state index in [1.54, 1.807) is 0 Å². The Morgan fingerprint density at radius 2 is 0.540 bits per heavy atom. The van der Waals surface area contributed by atoms with Crippen molar-refractivity contribution in [2.75, 3.05) is 47.5 Å². The lowest BCUT2D eigenvalue weighted by Crippen LogP contribution is -2.37. The third kappa shape index (κ3) is 83.1. The van der Waals surface area contributed by atoms with Crippen molar-refractivity contribution in [1.82, 2.24) is 0 Å². The van der Waals surface area contributed by atoms with Crippen molar-refractivity contribution in [3.05, 3.63) is 134 Å². The highest BCUT2D eigenvalue weighted by atomic mass is 31.2. The van der Waals surface area contributed by atoms with Gasteiger partial charge in [-0.1, -0.05) is 385 Å². The first-order valence-electron chi connectivity index (χ1n) is 41.9. The van der Waals surface area contributed by atoms with Crippen LogP contribution in [0.3, 0.4) is 0 Å². The fraction of sp³-hybridized carbons (Fsp3) is 0.733. The number of rotatable bonds is 77. The molecule has 0 aliphatic heterocycles. The molecule has 0 aromatic heterocycles. The molecule has 0 aromatic carbocycles. The zero-order chi connectivity index (χ0) is 72.5. The number of carbonyl (C=O) groups excluding carboxylic acids is 2. The van der Waals surface area contributed by atoms with E-state index >= 15 is 0 Å². The van der Waals surface area contributed by atoms with Gasteiger partial charge in [0.15, 0.2) is 6.10 Å². The Labute approximate surface area is 619 Å². The number of unbranched alkanes of at least 4 members (excludes halogenated alkanes) is 41. The summed E-state index contributed by atoms with van der Waals surface area (Å²) in [7, 11) is 1.18. The SMILES string of the molecule is CC/C=C\C/C=C\C/C=C\C/C=C\C/C=C\C/C=C\C/C=C\CCCCCCCCCCCCCCCCCCCCCC(=O)OC(COC(=O)CCCCCCCCCCCCCCCCCCCCCCCC/C=C\C/C=C\C/C=C\C/C=C\CC)COP(=O)([O-])OCC[N+](C)(C)C. The summed E-state index contributed by atoms with van der Waals surface area (Å²) in [4.78, 5) is 38.2. The third-order valence-electron chi connectivity index (χ3n) is 18.2. The number of allylic oxidation sites excluding steroid dienone is 22. The first-order valence-corrected chi connectivity index (χ1v) is 43.4. The van der Waals surface area contributed by atoms with Gasteiger partial charge in [0.1, 0.15) is 19.8 Å². The molecule has 0 amide bonds. The van der Waals surface area contributed by atoms with Gasteiger partial charge in [0.05, 0.1) is 27.7 Å². The highest BCUT2D eigenvalue weighted by Crippen LogP contribution is 2.38. The zero-order valence-electron chi connectivity index (χ0n) is 65.9. The quantitative estimate of drug-likeness (QED) is 0.0195. The Morgan fingerprint density at radius 3 is 0.800 bits per heavy atom. The predicted molar refractivity (Wildman–Crippen MR) is 434 cm³/mol. The number of phosphoric ester groups is 1. The molecular weight excluding hydrogens is 1250 g/mol. The molecule has 2 atom stereocenters. The van der Waals surface area contributed by atoms with Gasteiger partial charge < -0.3 is 27.9 Å². The predicted octanol–water partition coefficient (Wildman–Crippen LogP) is 27.7. The van der Waals surface area contributed by atoms with Crippen molar-refractivity contribution < 1.29 is 42.1 Å². The van der Waals surface area contributed by atoms with Crippen LogP contribution in [0.1, 0.15) is 373 Å². The van der Waals surface area contributed by atoms with Gasteiger partial charge in [0.2, 0.25) is 0 Å². The minimum Gasteiger partial charge on any atom is -0.756 e. The number of quaternary nitrogens is 1. The van der Waals surface area contributed by atoms with Gasteiger partial charge in [-0.3, -0.25) is 14.2 Å². The van der Waals surface area contributed by atoms with E-state index < -0.39 is 26.5 Å². The Balaban J connectivity index is 3.92. The number of nitrogens with zero attached hydrogens (tertiary/aromatic N) is 1. The minimum absolute atomic E-state index is 0.0320. The topological polar surface area (TPSA) is 111 Å². The van der Waals surface area contributed by atoms with Crippen molar-refractivity contribution in [2.24, 2.45) is 0 Å². The Bertz CT molecular complexity index is 2160. The second-order valence-electron chi connectivity index (χ2n) is 29.1. The second kappa shape index (κ2) is 79.3. The highest BCUT2D eigenvalue weighted by molar-refractivity contribution is 7.45. The van der Waals surface area contributed by atoms with E-state index in [1.807, 2.05) is 21.1 Å². The summed E-state index contributed by atoms with van der Waals surface area (Å²) in [6, 6.07) is 0. The van der Waals surface area contributed by atoms with Gasteiger partial charge in [-0.05, 0) is 109 Å². The fourth-order valence-corrected chi connectivity index (χ4v) is 12.6. The van der Waals surface area contributed by atoms with Gasteiger partial charge in [-0.15, -0.1) is 0 Å². The molecule has 10 heteroatoms. The summed E-state index contributed by atoms with van der Waals surface area (Å²) < 4.78 is 34.5. The molecule has 0 rings (SSSR count). The van der Waals surface area contributed by atoms with Gasteiger partial charge in [0, 0.05) is 12.8 Å². The molecule has 0 aliphatic carbocycles. The lowest BCUT2D eigenvalue weighted by atomic mass is 10.0. The maximum absolute atomic E-state index is 12.9. The molecule has 0 fully saturated rings. The summed E-state index contributed by atoms with van der Waals surface area (Å²) in [5.41, 5.74) is 0. The second-order valence-corrected chi connectivity index (χ2v) is 30.5. The van der Waals surface area contributed by atoms with E-state index in [1.165, 1.54) is 231 Å². The minimum atomic E-state index is -4.65. The fourth-order valence-electron chi connectivity index (χ4n) is 11.9. The Morgan fingerprint density at radius 1 is 0.310 bits per heavy atom. The molecule has 100 heavy (non-hydrogen) atoms. The maximum Gasteiger partial charge on any atom is 0.306 e. The van der Waals surface area contributed by atoms with Gasteiger partial charge in [0.25, 0.3) is 7.82 Å². The average Bonchev–Trinajstić information content (AvgIpc) is 1.30. The van der Waals surface area contributed by atoms with Crippen LogP contribution in [-0.4, -0.2) is 70.0 Å². The van der Waals surface area contributed by atoms with Crippen molar-refractivity contribution in [2.45, 2.75) is 380 Å². The first-order chi connectivity index (χ1) is 49.0. The third-order valence-corrected chi connectivity index (χ3v) is 19.1. The number of carbonyl (C=O) groups is 2. The van der Waals surface area contributed by atoms with Crippen LogP contribution < -0.4 is 4.89 Å². The van der Waals surface area contributed by atoms with Crippen LogP contribution in [0.15, 0.2) is 134 Å². The zero-order valence-corrected chi connectivity index (χ0v) is 66.8. The van der Waals surface area contributed by atoms with E-state index in [0.717, 1.165) is 109 Å². The standard InChI is InChI=1S/C90H158NO8P/c1-6-8-10-12-14-16-18-20-22-24-26-28-30-32-34-36-38-40-42-43-44-45-46-47-49-51-53-55-57-59-61-63-65-67-69-71-73-75-77-79-81-83-90(93)99-88(87-98-100(94,95)97-85-84-91(3,4)5)86-96-89(92)82-80-78-76-74-72-70-68-66-64-62-60-58-56-54-52-50-48-41-39-37-35-33-31-29-27-25-23-21-19-17-15-13-11-9-7-2/h8-11,14-17,20-23,26-29,32,34,38,40,43-44,88H,6-7,12-13,18-19,24-25,30-31,33,35-37,39,41-42,45-87H2,1-5H3/b10-8-,11-9-,16-14-,17-15-,22-20-,23-21-,28-26-,29-27-,34-32-,40-38-,44-43-. The van der Waals surface area contributed by atoms with Crippen LogP contribution in [0.25, 0.3) is 0 Å². The van der Waals surface area contributed by atoms with E-state index in [2.05, 4.69) is 148 Å². The van der Waals surface area contributed by atoms with Gasteiger partial charge in [-0.25, -0.2) is 0 Å². The van der Waals surface area contributed by atoms with Crippen LogP contribution in [0, 0.1) is 0 Å². The number of hydrogen-bond acceptors (Lipinski definition) is 8. The van der Waals surface area contributed by atoms with Gasteiger partial charge in [-0.2, -0.15) is 0 Å². The largest absolute Gasteiger partial charge is 0.756 e. The van der Waals surface area contributed by atoms with Crippen LogP contribution in [0.2, 0.25) is 0 Å². The van der Waals surface area contributed by atoms with Crippen LogP contribution in [-0.2, 0) is 32.7 Å². The molecule has 9 nitrogen and oxygen atoms in total. The molecule has 0 saturated heterocycles. The molecule has 576 valence electrons. The van der Waals surface area contributed by atoms with E-state index in [4.69, 9.17) is 18.5 Å². The van der Waals surface area contributed by atoms with Gasteiger partial charge >= 0.3 is 11.9 Å². The highest BCUT2D eigenvalue weighted by Gasteiger charge is 2.22. The molecule has 0 aliphatic rings. The van der Waals surface area contributed by atoms with Crippen LogP contribution >= 0.6 is 7.82 Å².